The van der Waals surface area contributed by atoms with Crippen molar-refractivity contribution in [2.75, 3.05) is 19.1 Å². The lowest BCUT2D eigenvalue weighted by molar-refractivity contribution is -0.134. The molecular weight excluding hydrogens is 202 g/mol. The van der Waals surface area contributed by atoms with E-state index in [2.05, 4.69) is 16.7 Å². The van der Waals surface area contributed by atoms with Gasteiger partial charge in [0.1, 0.15) is 0 Å². The fourth-order valence-corrected chi connectivity index (χ4v) is 1.03. The molecule has 0 fully saturated rings. The summed E-state index contributed by atoms with van der Waals surface area (Å²) >= 11 is 0. The lowest BCUT2D eigenvalue weighted by Gasteiger charge is -2.09. The van der Waals surface area contributed by atoms with Crippen molar-refractivity contribution >= 4 is 11.7 Å². The predicted octanol–water partition coefficient (Wildman–Crippen LogP) is 1.81. The number of ether oxygens (including phenoxy) is 1. The molecule has 1 rings (SSSR count). The Morgan fingerprint density at radius 2 is 2.06 bits per heavy atom. The summed E-state index contributed by atoms with van der Waals surface area (Å²) in [6.07, 6.45) is 2.75. The molecule has 0 aromatic heterocycles. The minimum absolute atomic E-state index is 0.406. The minimum atomic E-state index is -0.406. The molecule has 0 radical (unpaired) electrons. The van der Waals surface area contributed by atoms with Crippen LogP contribution in [-0.4, -0.2) is 20.1 Å². The molecule has 16 heavy (non-hydrogen) atoms. The molecular formula is C13H13NO2. The Kier molecular flexibility index (Phi) is 4.68. The number of para-hydroxylation sites is 1. The molecule has 0 N–H and O–H groups in total. The Hall–Kier alpha value is -2.21. The summed E-state index contributed by atoms with van der Waals surface area (Å²) in [6, 6.07) is 12.6. The first-order valence-electron chi connectivity index (χ1n) is 4.78. The number of carbonyl (C=O) groups excluding carboxylic acids is 1. The topological polar surface area (TPSA) is 29.5 Å². The highest BCUT2D eigenvalue weighted by Gasteiger charge is 1.92. The Bertz CT molecular complexity index is 426. The quantitative estimate of drug-likeness (QED) is 0.326. The van der Waals surface area contributed by atoms with E-state index in [0.29, 0.717) is 0 Å². The van der Waals surface area contributed by atoms with Gasteiger partial charge in [0, 0.05) is 24.9 Å². The number of hydrogen-bond donors (Lipinski definition) is 0. The molecule has 0 saturated carbocycles. The standard InChI is InChI=1S/C13H13NO2/c1-14(12-8-4-3-5-9-12)11-7-6-10-13(15)16-2/h3-6,8-10H,1-2H3/b10-6-. The molecule has 0 amide bonds. The molecule has 0 aliphatic carbocycles. The van der Waals surface area contributed by atoms with E-state index in [-0.39, 0.29) is 0 Å². The van der Waals surface area contributed by atoms with Crippen LogP contribution in [-0.2, 0) is 9.53 Å². The molecule has 3 nitrogen and oxygen atoms in total. The smallest absolute Gasteiger partial charge is 0.331 e. The SMILES string of the molecule is COC(=O)/C=C\C#CN(C)c1ccccc1. The molecule has 0 unspecified atom stereocenters. The Morgan fingerprint density at radius 3 is 2.69 bits per heavy atom. The molecule has 0 spiro atoms. The van der Waals surface area contributed by atoms with Crippen molar-refractivity contribution in [1.82, 2.24) is 0 Å². The fraction of sp³-hybridized carbons (Fsp3) is 0.154. The van der Waals surface area contributed by atoms with Gasteiger partial charge in [-0.1, -0.05) is 24.1 Å². The predicted molar refractivity (Wildman–Crippen MR) is 63.8 cm³/mol. The van der Waals surface area contributed by atoms with Gasteiger partial charge in [0.15, 0.2) is 0 Å². The lowest BCUT2D eigenvalue weighted by Crippen LogP contribution is -2.07. The zero-order valence-electron chi connectivity index (χ0n) is 9.31. The van der Waals surface area contributed by atoms with E-state index >= 15 is 0 Å². The number of nitrogens with zero attached hydrogens (tertiary/aromatic N) is 1. The maximum atomic E-state index is 10.7. The van der Waals surface area contributed by atoms with Crippen LogP contribution in [0.1, 0.15) is 0 Å². The summed E-state index contributed by atoms with van der Waals surface area (Å²) in [5, 5.41) is 0. The highest BCUT2D eigenvalue weighted by molar-refractivity contribution is 5.82. The van der Waals surface area contributed by atoms with Gasteiger partial charge in [0.05, 0.1) is 7.11 Å². The number of esters is 1. The van der Waals surface area contributed by atoms with Gasteiger partial charge in [-0.05, 0) is 18.2 Å². The van der Waals surface area contributed by atoms with E-state index in [1.165, 1.54) is 19.3 Å². The van der Waals surface area contributed by atoms with E-state index in [4.69, 9.17) is 0 Å². The number of carbonyl (C=O) groups is 1. The third-order valence-corrected chi connectivity index (χ3v) is 1.88. The number of benzene rings is 1. The first-order chi connectivity index (χ1) is 7.74. The molecule has 0 aliphatic rings. The van der Waals surface area contributed by atoms with Gasteiger partial charge >= 0.3 is 5.97 Å². The lowest BCUT2D eigenvalue weighted by atomic mass is 10.3. The molecule has 0 saturated heterocycles. The van der Waals surface area contributed by atoms with E-state index in [9.17, 15) is 4.79 Å². The van der Waals surface area contributed by atoms with Crippen LogP contribution < -0.4 is 4.90 Å². The van der Waals surface area contributed by atoms with Crippen LogP contribution in [0.15, 0.2) is 42.5 Å². The molecule has 1 aromatic carbocycles. The van der Waals surface area contributed by atoms with E-state index in [1.54, 1.807) is 4.90 Å². The van der Waals surface area contributed by atoms with Gasteiger partial charge in [-0.15, -0.1) is 0 Å². The second kappa shape index (κ2) is 6.31. The third kappa shape index (κ3) is 3.89. The monoisotopic (exact) mass is 215 g/mol. The molecule has 0 aliphatic heterocycles. The Labute approximate surface area is 95.3 Å². The van der Waals surface area contributed by atoms with E-state index in [0.717, 1.165) is 5.69 Å². The summed E-state index contributed by atoms with van der Waals surface area (Å²) in [5.41, 5.74) is 1.00. The largest absolute Gasteiger partial charge is 0.466 e. The Balaban J connectivity index is 2.59. The fourth-order valence-electron chi connectivity index (χ4n) is 1.03. The summed E-state index contributed by atoms with van der Waals surface area (Å²) < 4.78 is 4.43. The van der Waals surface area contributed by atoms with Crippen molar-refractivity contribution in [3.05, 3.63) is 42.5 Å². The van der Waals surface area contributed by atoms with Crippen LogP contribution in [0, 0.1) is 12.0 Å². The van der Waals surface area contributed by atoms with Crippen molar-refractivity contribution in [2.45, 2.75) is 0 Å². The van der Waals surface area contributed by atoms with Crippen LogP contribution in [0.4, 0.5) is 5.69 Å². The molecule has 1 aromatic rings. The summed E-state index contributed by atoms with van der Waals surface area (Å²) in [4.78, 5) is 12.5. The zero-order chi connectivity index (χ0) is 11.8. The van der Waals surface area contributed by atoms with Crippen molar-refractivity contribution in [2.24, 2.45) is 0 Å². The van der Waals surface area contributed by atoms with Crippen molar-refractivity contribution < 1.29 is 9.53 Å². The van der Waals surface area contributed by atoms with Crippen LogP contribution >= 0.6 is 0 Å². The number of rotatable bonds is 2. The van der Waals surface area contributed by atoms with Crippen molar-refractivity contribution in [3.8, 4) is 12.0 Å². The van der Waals surface area contributed by atoms with Gasteiger partial charge in [-0.25, -0.2) is 4.79 Å². The maximum absolute atomic E-state index is 10.7. The molecule has 0 heterocycles. The van der Waals surface area contributed by atoms with Crippen LogP contribution in [0.5, 0.6) is 0 Å². The van der Waals surface area contributed by atoms with Crippen molar-refractivity contribution in [3.63, 3.8) is 0 Å². The second-order valence-electron chi connectivity index (χ2n) is 3.01. The van der Waals surface area contributed by atoms with E-state index in [1.807, 2.05) is 37.4 Å². The number of methoxy groups -OCH3 is 1. The average Bonchev–Trinajstić information content (AvgIpc) is 2.35. The maximum Gasteiger partial charge on any atom is 0.331 e. The summed E-state index contributed by atoms with van der Waals surface area (Å²) in [6.45, 7) is 0. The van der Waals surface area contributed by atoms with Gasteiger partial charge in [-0.3, -0.25) is 0 Å². The summed E-state index contributed by atoms with van der Waals surface area (Å²) in [7, 11) is 3.19. The molecule has 82 valence electrons. The van der Waals surface area contributed by atoms with Gasteiger partial charge in [0.2, 0.25) is 0 Å². The zero-order valence-corrected chi connectivity index (χ0v) is 9.31. The van der Waals surface area contributed by atoms with Gasteiger partial charge in [0.25, 0.3) is 0 Å². The molecule has 0 bridgehead atoms. The number of allylic oxidation sites excluding steroid dienone is 1. The molecule has 0 atom stereocenters. The van der Waals surface area contributed by atoms with E-state index < -0.39 is 5.97 Å². The van der Waals surface area contributed by atoms with Gasteiger partial charge in [-0.2, -0.15) is 0 Å². The van der Waals surface area contributed by atoms with Crippen molar-refractivity contribution in [1.29, 1.82) is 0 Å². The molecule has 3 heteroatoms. The van der Waals surface area contributed by atoms with Crippen LogP contribution in [0.3, 0.4) is 0 Å². The van der Waals surface area contributed by atoms with Gasteiger partial charge < -0.3 is 9.64 Å². The number of anilines is 1. The first kappa shape index (κ1) is 11.9. The van der Waals surface area contributed by atoms with Crippen LogP contribution in [0.2, 0.25) is 0 Å². The van der Waals surface area contributed by atoms with Crippen LogP contribution in [0.25, 0.3) is 0 Å². The highest BCUT2D eigenvalue weighted by atomic mass is 16.5. The average molecular weight is 215 g/mol. The third-order valence-electron chi connectivity index (χ3n) is 1.88. The second-order valence-corrected chi connectivity index (χ2v) is 3.01. The number of hydrogen-bond acceptors (Lipinski definition) is 3. The summed E-state index contributed by atoms with van der Waals surface area (Å²) in [5.74, 6) is 2.34. The normalized spacial score (nSPS) is 9.38. The first-order valence-corrected chi connectivity index (χ1v) is 4.78. The minimum Gasteiger partial charge on any atom is -0.466 e. The highest BCUT2D eigenvalue weighted by Crippen LogP contribution is 2.08. The Morgan fingerprint density at radius 1 is 1.38 bits per heavy atom.